The highest BCUT2D eigenvalue weighted by atomic mass is 28.4. The van der Waals surface area contributed by atoms with Crippen LogP contribution in [0.5, 0.6) is 0 Å². The largest absolute Gasteiger partial charge is 0.414 e. The van der Waals surface area contributed by atoms with E-state index in [2.05, 4.69) is 47.7 Å². The number of rotatable bonds is 13. The van der Waals surface area contributed by atoms with Crippen LogP contribution in [0.1, 0.15) is 41.0 Å². The minimum atomic E-state index is -1.64. The lowest BCUT2D eigenvalue weighted by Gasteiger charge is -2.36. The minimum absolute atomic E-state index is 0.255. The molecule has 0 aromatic rings. The van der Waals surface area contributed by atoms with Gasteiger partial charge in [0.15, 0.2) is 8.32 Å². The zero-order valence-corrected chi connectivity index (χ0v) is 16.9. The molecule has 0 saturated heterocycles. The van der Waals surface area contributed by atoms with Crippen molar-refractivity contribution in [1.29, 1.82) is 0 Å². The SMILES string of the molecule is CCC(C)COCCOCCOCCO[Si](C)(C)C(C)(C)C. The molecule has 0 spiro atoms. The summed E-state index contributed by atoms with van der Waals surface area (Å²) in [6, 6.07) is 0. The van der Waals surface area contributed by atoms with Crippen LogP contribution < -0.4 is 0 Å². The quantitative estimate of drug-likeness (QED) is 0.375. The Hall–Kier alpha value is 0.0569. The lowest BCUT2D eigenvalue weighted by molar-refractivity contribution is 0.00333. The summed E-state index contributed by atoms with van der Waals surface area (Å²) in [5.41, 5.74) is 0. The van der Waals surface area contributed by atoms with E-state index in [1.807, 2.05) is 0 Å². The van der Waals surface area contributed by atoms with Gasteiger partial charge >= 0.3 is 0 Å². The van der Waals surface area contributed by atoms with Crippen LogP contribution in [0, 0.1) is 5.92 Å². The molecule has 0 rings (SSSR count). The van der Waals surface area contributed by atoms with Gasteiger partial charge in [-0.2, -0.15) is 0 Å². The van der Waals surface area contributed by atoms with Crippen LogP contribution in [0.2, 0.25) is 18.1 Å². The Bertz CT molecular complexity index is 264. The van der Waals surface area contributed by atoms with Gasteiger partial charge in [0.25, 0.3) is 0 Å². The highest BCUT2D eigenvalue weighted by Crippen LogP contribution is 2.36. The number of hydrogen-bond acceptors (Lipinski definition) is 4. The fourth-order valence-electron chi connectivity index (χ4n) is 1.41. The van der Waals surface area contributed by atoms with Crippen LogP contribution in [-0.4, -0.2) is 54.6 Å². The minimum Gasteiger partial charge on any atom is -0.414 e. The molecule has 134 valence electrons. The highest BCUT2D eigenvalue weighted by Gasteiger charge is 2.36. The predicted molar refractivity (Wildman–Crippen MR) is 95.1 cm³/mol. The van der Waals surface area contributed by atoms with Crippen LogP contribution in [0.15, 0.2) is 0 Å². The van der Waals surface area contributed by atoms with Gasteiger partial charge in [-0.15, -0.1) is 0 Å². The van der Waals surface area contributed by atoms with Crippen molar-refractivity contribution in [1.82, 2.24) is 0 Å². The maximum Gasteiger partial charge on any atom is 0.192 e. The summed E-state index contributed by atoms with van der Waals surface area (Å²) >= 11 is 0. The average Bonchev–Trinajstić information content (AvgIpc) is 2.43. The third kappa shape index (κ3) is 10.7. The second-order valence-electron chi connectivity index (χ2n) is 7.42. The van der Waals surface area contributed by atoms with Gasteiger partial charge in [-0.3, -0.25) is 0 Å². The molecule has 0 heterocycles. The van der Waals surface area contributed by atoms with Crippen molar-refractivity contribution in [2.24, 2.45) is 5.92 Å². The average molecular weight is 335 g/mol. The highest BCUT2D eigenvalue weighted by molar-refractivity contribution is 6.74. The van der Waals surface area contributed by atoms with E-state index >= 15 is 0 Å². The van der Waals surface area contributed by atoms with Crippen molar-refractivity contribution >= 4 is 8.32 Å². The summed E-state index contributed by atoms with van der Waals surface area (Å²) in [5.74, 6) is 0.629. The summed E-state index contributed by atoms with van der Waals surface area (Å²) in [5, 5.41) is 0.255. The van der Waals surface area contributed by atoms with Gasteiger partial charge in [-0.05, 0) is 24.1 Å². The molecular formula is C17H38O4Si. The Balaban J connectivity index is 3.34. The Morgan fingerprint density at radius 3 is 1.73 bits per heavy atom. The lowest BCUT2D eigenvalue weighted by atomic mass is 10.1. The fraction of sp³-hybridized carbons (Fsp3) is 1.00. The molecule has 0 aliphatic rings. The molecule has 0 aromatic heterocycles. The summed E-state index contributed by atoms with van der Waals surface area (Å²) in [4.78, 5) is 0. The molecule has 0 aliphatic heterocycles. The van der Waals surface area contributed by atoms with Crippen LogP contribution in [0.3, 0.4) is 0 Å². The van der Waals surface area contributed by atoms with Crippen LogP contribution in [0.25, 0.3) is 0 Å². The fourth-order valence-corrected chi connectivity index (χ4v) is 2.44. The predicted octanol–water partition coefficient (Wildman–Crippen LogP) is 4.10. The van der Waals surface area contributed by atoms with E-state index in [-0.39, 0.29) is 5.04 Å². The molecule has 4 nitrogen and oxygen atoms in total. The Labute approximate surface area is 139 Å². The first-order valence-corrected chi connectivity index (χ1v) is 11.5. The van der Waals surface area contributed by atoms with E-state index in [0.717, 1.165) is 13.0 Å². The maximum absolute atomic E-state index is 6.04. The molecule has 0 saturated carbocycles. The van der Waals surface area contributed by atoms with Gasteiger partial charge in [-0.1, -0.05) is 41.0 Å². The topological polar surface area (TPSA) is 36.9 Å². The molecule has 5 heteroatoms. The van der Waals surface area contributed by atoms with E-state index < -0.39 is 8.32 Å². The van der Waals surface area contributed by atoms with Gasteiger partial charge in [-0.25, -0.2) is 0 Å². The smallest absolute Gasteiger partial charge is 0.192 e. The first-order valence-electron chi connectivity index (χ1n) is 8.58. The van der Waals surface area contributed by atoms with Crippen molar-refractivity contribution in [2.45, 2.75) is 59.2 Å². The van der Waals surface area contributed by atoms with E-state index in [0.29, 0.717) is 45.6 Å². The first-order chi connectivity index (χ1) is 10.2. The van der Waals surface area contributed by atoms with Crippen molar-refractivity contribution in [2.75, 3.05) is 46.2 Å². The van der Waals surface area contributed by atoms with Crippen molar-refractivity contribution in [3.8, 4) is 0 Å². The second-order valence-corrected chi connectivity index (χ2v) is 12.2. The van der Waals surface area contributed by atoms with E-state index in [9.17, 15) is 0 Å². The van der Waals surface area contributed by atoms with Crippen LogP contribution >= 0.6 is 0 Å². The molecule has 0 aliphatic carbocycles. The zero-order chi connectivity index (χ0) is 17.1. The zero-order valence-electron chi connectivity index (χ0n) is 15.9. The van der Waals surface area contributed by atoms with Gasteiger partial charge in [0.2, 0.25) is 0 Å². The number of ether oxygens (including phenoxy) is 3. The summed E-state index contributed by atoms with van der Waals surface area (Å²) < 4.78 is 22.6. The van der Waals surface area contributed by atoms with Gasteiger partial charge in [0.1, 0.15) is 0 Å². The normalized spacial score (nSPS) is 14.3. The summed E-state index contributed by atoms with van der Waals surface area (Å²) in [7, 11) is -1.64. The molecule has 0 fully saturated rings. The first kappa shape index (κ1) is 22.1. The number of hydrogen-bond donors (Lipinski definition) is 0. The molecule has 0 amide bonds. The van der Waals surface area contributed by atoms with E-state index in [4.69, 9.17) is 18.6 Å². The lowest BCUT2D eigenvalue weighted by Crippen LogP contribution is -2.41. The second kappa shape index (κ2) is 11.6. The summed E-state index contributed by atoms with van der Waals surface area (Å²) in [6.07, 6.45) is 1.16. The Morgan fingerprint density at radius 1 is 0.818 bits per heavy atom. The van der Waals surface area contributed by atoms with Gasteiger partial charge in [0.05, 0.1) is 39.6 Å². The van der Waals surface area contributed by atoms with Gasteiger partial charge in [0, 0.05) is 6.61 Å². The maximum atomic E-state index is 6.04. The third-order valence-electron chi connectivity index (χ3n) is 4.34. The van der Waals surface area contributed by atoms with E-state index in [1.165, 1.54) is 0 Å². The monoisotopic (exact) mass is 334 g/mol. The van der Waals surface area contributed by atoms with Crippen LogP contribution in [-0.2, 0) is 18.6 Å². The van der Waals surface area contributed by atoms with Crippen molar-refractivity contribution in [3.05, 3.63) is 0 Å². The third-order valence-corrected chi connectivity index (χ3v) is 8.88. The Morgan fingerprint density at radius 2 is 1.27 bits per heavy atom. The molecule has 0 N–H and O–H groups in total. The molecule has 22 heavy (non-hydrogen) atoms. The molecular weight excluding hydrogens is 296 g/mol. The molecule has 0 radical (unpaired) electrons. The standard InChI is InChI=1S/C17H38O4Si/c1-8-16(2)15-20-12-11-18-9-10-19-13-14-21-22(6,7)17(3,4)5/h16H,8-15H2,1-7H3. The van der Waals surface area contributed by atoms with Crippen molar-refractivity contribution in [3.63, 3.8) is 0 Å². The van der Waals surface area contributed by atoms with Gasteiger partial charge < -0.3 is 18.6 Å². The molecule has 1 unspecified atom stereocenters. The van der Waals surface area contributed by atoms with Crippen molar-refractivity contribution < 1.29 is 18.6 Å². The van der Waals surface area contributed by atoms with E-state index in [1.54, 1.807) is 0 Å². The molecule has 0 bridgehead atoms. The van der Waals surface area contributed by atoms with Crippen LogP contribution in [0.4, 0.5) is 0 Å². The Kier molecular flexibility index (Phi) is 11.6. The summed E-state index contributed by atoms with van der Waals surface area (Å²) in [6.45, 7) is 20.3. The molecule has 0 aromatic carbocycles. The molecule has 1 atom stereocenters.